The Bertz CT molecular complexity index is 602. The number of rotatable bonds is 5. The molecule has 8 heteroatoms. The molecule has 0 radical (unpaired) electrons. The van der Waals surface area contributed by atoms with Crippen molar-refractivity contribution < 1.29 is 9.18 Å². The molecule has 24 heavy (non-hydrogen) atoms. The number of carbonyl (C=O) groups excluding carboxylic acids is 1. The van der Waals surface area contributed by atoms with Gasteiger partial charge in [-0.25, -0.2) is 4.39 Å². The molecular formula is C16H23BrFN5O. The van der Waals surface area contributed by atoms with Crippen molar-refractivity contribution >= 4 is 27.8 Å². The third-order valence-corrected chi connectivity index (χ3v) is 4.62. The number of carbonyl (C=O) groups is 1. The lowest BCUT2D eigenvalue weighted by molar-refractivity contribution is -0.119. The number of piperidine rings is 1. The number of nitrogens with one attached hydrogen (secondary N) is 2. The Balaban J connectivity index is 1.78. The van der Waals surface area contributed by atoms with E-state index in [1.54, 1.807) is 13.1 Å². The van der Waals surface area contributed by atoms with E-state index in [1.165, 1.54) is 6.07 Å². The molecular weight excluding hydrogens is 377 g/mol. The van der Waals surface area contributed by atoms with Crippen LogP contribution in [0.2, 0.25) is 0 Å². The van der Waals surface area contributed by atoms with Crippen molar-refractivity contribution in [3.63, 3.8) is 0 Å². The van der Waals surface area contributed by atoms with Crippen molar-refractivity contribution in [1.82, 2.24) is 15.5 Å². The van der Waals surface area contributed by atoms with Gasteiger partial charge >= 0.3 is 0 Å². The minimum absolute atomic E-state index is 0.279. The van der Waals surface area contributed by atoms with Gasteiger partial charge in [0, 0.05) is 32.7 Å². The standard InChI is InChI=1S/C16H23BrFN5O/c1-20-16(21-9-11-2-3-13(17)14(18)8-11)22-12-4-6-23(7-5-12)10-15(19)24/h2-3,8,12H,4-7,9-10H2,1H3,(H2,19,24)(H2,20,21,22). The van der Waals surface area contributed by atoms with Crippen molar-refractivity contribution in [2.45, 2.75) is 25.4 Å². The summed E-state index contributed by atoms with van der Waals surface area (Å²) in [5, 5.41) is 6.56. The second-order valence-corrected chi connectivity index (χ2v) is 6.69. The zero-order valence-corrected chi connectivity index (χ0v) is 15.3. The zero-order chi connectivity index (χ0) is 17.5. The lowest BCUT2D eigenvalue weighted by Crippen LogP contribution is -2.49. The van der Waals surface area contributed by atoms with E-state index >= 15 is 0 Å². The molecule has 6 nitrogen and oxygen atoms in total. The van der Waals surface area contributed by atoms with Crippen molar-refractivity contribution in [2.24, 2.45) is 10.7 Å². The van der Waals surface area contributed by atoms with Crippen LogP contribution in [0.25, 0.3) is 0 Å². The van der Waals surface area contributed by atoms with Crippen LogP contribution in [0.3, 0.4) is 0 Å². The van der Waals surface area contributed by atoms with E-state index in [4.69, 9.17) is 5.73 Å². The largest absolute Gasteiger partial charge is 0.369 e. The van der Waals surface area contributed by atoms with Gasteiger partial charge in [-0.05, 0) is 46.5 Å². The van der Waals surface area contributed by atoms with E-state index in [2.05, 4.69) is 36.5 Å². The highest BCUT2D eigenvalue weighted by Crippen LogP contribution is 2.16. The topological polar surface area (TPSA) is 82.8 Å². The quantitative estimate of drug-likeness (QED) is 0.513. The molecule has 4 N–H and O–H groups in total. The fraction of sp³-hybridized carbons (Fsp3) is 0.500. The van der Waals surface area contributed by atoms with Crippen LogP contribution in [0, 0.1) is 5.82 Å². The molecule has 0 spiro atoms. The molecule has 132 valence electrons. The smallest absolute Gasteiger partial charge is 0.231 e. The van der Waals surface area contributed by atoms with Gasteiger partial charge in [-0.1, -0.05) is 6.07 Å². The lowest BCUT2D eigenvalue weighted by Gasteiger charge is -2.32. The predicted octanol–water partition coefficient (Wildman–Crippen LogP) is 1.20. The number of likely N-dealkylation sites (tertiary alicyclic amines) is 1. The van der Waals surface area contributed by atoms with Gasteiger partial charge in [0.15, 0.2) is 5.96 Å². The molecule has 1 amide bonds. The molecule has 1 aromatic carbocycles. The van der Waals surface area contributed by atoms with Crippen LogP contribution in [0.15, 0.2) is 27.7 Å². The summed E-state index contributed by atoms with van der Waals surface area (Å²) in [4.78, 5) is 17.2. The van der Waals surface area contributed by atoms with Gasteiger partial charge < -0.3 is 16.4 Å². The van der Waals surface area contributed by atoms with Gasteiger partial charge in [-0.15, -0.1) is 0 Å². The van der Waals surface area contributed by atoms with Crippen LogP contribution in [0.4, 0.5) is 4.39 Å². The van der Waals surface area contributed by atoms with E-state index in [0.717, 1.165) is 31.5 Å². The summed E-state index contributed by atoms with van der Waals surface area (Å²) < 4.78 is 14.0. The first-order valence-electron chi connectivity index (χ1n) is 7.89. The second-order valence-electron chi connectivity index (χ2n) is 5.84. The Morgan fingerprint density at radius 2 is 2.17 bits per heavy atom. The first kappa shape index (κ1) is 18.7. The van der Waals surface area contributed by atoms with E-state index in [-0.39, 0.29) is 11.7 Å². The average molecular weight is 400 g/mol. The number of nitrogens with zero attached hydrogens (tertiary/aromatic N) is 2. The highest BCUT2D eigenvalue weighted by Gasteiger charge is 2.20. The van der Waals surface area contributed by atoms with E-state index in [1.807, 2.05) is 6.07 Å². The van der Waals surface area contributed by atoms with Crippen LogP contribution in [0.5, 0.6) is 0 Å². The molecule has 1 aromatic rings. The highest BCUT2D eigenvalue weighted by molar-refractivity contribution is 9.10. The zero-order valence-electron chi connectivity index (χ0n) is 13.7. The van der Waals surface area contributed by atoms with Crippen LogP contribution in [0.1, 0.15) is 18.4 Å². The third-order valence-electron chi connectivity index (χ3n) is 3.98. The Labute approximate surface area is 149 Å². The van der Waals surface area contributed by atoms with E-state index < -0.39 is 0 Å². The molecule has 0 aromatic heterocycles. The molecule has 1 aliphatic rings. The maximum absolute atomic E-state index is 13.5. The Hall–Kier alpha value is -1.67. The number of guanidine groups is 1. The van der Waals surface area contributed by atoms with Crippen molar-refractivity contribution in [1.29, 1.82) is 0 Å². The molecule has 1 aliphatic heterocycles. The summed E-state index contributed by atoms with van der Waals surface area (Å²) in [6, 6.07) is 5.33. The van der Waals surface area contributed by atoms with Gasteiger partial charge in [-0.3, -0.25) is 14.7 Å². The number of aliphatic imine (C=N–C) groups is 1. The summed E-state index contributed by atoms with van der Waals surface area (Å²) >= 11 is 3.14. The Morgan fingerprint density at radius 1 is 1.46 bits per heavy atom. The van der Waals surface area contributed by atoms with Gasteiger partial charge in [0.1, 0.15) is 5.82 Å². The van der Waals surface area contributed by atoms with E-state index in [0.29, 0.717) is 29.6 Å². The minimum atomic E-state index is -0.291. The van der Waals surface area contributed by atoms with Crippen LogP contribution >= 0.6 is 15.9 Å². The second kappa shape index (κ2) is 8.98. The summed E-state index contributed by atoms with van der Waals surface area (Å²) in [7, 11) is 1.71. The van der Waals surface area contributed by atoms with Crippen molar-refractivity contribution in [2.75, 3.05) is 26.7 Å². The molecule has 1 fully saturated rings. The first-order chi connectivity index (χ1) is 11.5. The number of halogens is 2. The van der Waals surface area contributed by atoms with Gasteiger partial charge in [0.2, 0.25) is 5.91 Å². The molecule has 0 saturated carbocycles. The van der Waals surface area contributed by atoms with Crippen molar-refractivity contribution in [3.05, 3.63) is 34.1 Å². The maximum atomic E-state index is 13.5. The Kier molecular flexibility index (Phi) is 6.99. The summed E-state index contributed by atoms with van der Waals surface area (Å²) in [6.45, 7) is 2.46. The fourth-order valence-electron chi connectivity index (χ4n) is 2.68. The SMILES string of the molecule is CN=C(NCc1ccc(Br)c(F)c1)NC1CCN(CC(N)=O)CC1. The predicted molar refractivity (Wildman–Crippen MR) is 96.1 cm³/mol. The number of amides is 1. The summed E-state index contributed by atoms with van der Waals surface area (Å²) in [5.74, 6) is 0.117. The van der Waals surface area contributed by atoms with Gasteiger partial charge in [-0.2, -0.15) is 0 Å². The summed E-state index contributed by atoms with van der Waals surface area (Å²) in [5.41, 5.74) is 6.06. The molecule has 1 saturated heterocycles. The van der Waals surface area contributed by atoms with Crippen LogP contribution in [-0.4, -0.2) is 49.5 Å². The number of hydrogen-bond donors (Lipinski definition) is 3. The molecule has 0 aliphatic carbocycles. The van der Waals surface area contributed by atoms with Gasteiger partial charge in [0.25, 0.3) is 0 Å². The normalized spacial score (nSPS) is 16.9. The molecule has 0 atom stereocenters. The average Bonchev–Trinajstić information content (AvgIpc) is 2.55. The van der Waals surface area contributed by atoms with Gasteiger partial charge in [0.05, 0.1) is 11.0 Å². The highest BCUT2D eigenvalue weighted by atomic mass is 79.9. The number of benzene rings is 1. The van der Waals surface area contributed by atoms with Crippen molar-refractivity contribution in [3.8, 4) is 0 Å². The molecule has 2 rings (SSSR count). The Morgan fingerprint density at radius 3 is 2.75 bits per heavy atom. The number of nitrogens with two attached hydrogens (primary N) is 1. The molecule has 0 unspecified atom stereocenters. The number of hydrogen-bond acceptors (Lipinski definition) is 3. The van der Waals surface area contributed by atoms with E-state index in [9.17, 15) is 9.18 Å². The van der Waals surface area contributed by atoms with Crippen LogP contribution in [-0.2, 0) is 11.3 Å². The maximum Gasteiger partial charge on any atom is 0.231 e. The number of primary amides is 1. The fourth-order valence-corrected chi connectivity index (χ4v) is 2.93. The summed E-state index contributed by atoms with van der Waals surface area (Å²) in [6.07, 6.45) is 1.84. The molecule has 0 bridgehead atoms. The minimum Gasteiger partial charge on any atom is -0.369 e. The first-order valence-corrected chi connectivity index (χ1v) is 8.69. The third kappa shape index (κ3) is 5.76. The monoisotopic (exact) mass is 399 g/mol. The molecule has 1 heterocycles. The van der Waals surface area contributed by atoms with Crippen LogP contribution < -0.4 is 16.4 Å². The lowest BCUT2D eigenvalue weighted by atomic mass is 10.1.